The van der Waals surface area contributed by atoms with E-state index in [1.807, 2.05) is 19.1 Å². The van der Waals surface area contributed by atoms with E-state index in [9.17, 15) is 4.39 Å². The Labute approximate surface area is 116 Å². The lowest BCUT2D eigenvalue weighted by atomic mass is 9.87. The summed E-state index contributed by atoms with van der Waals surface area (Å²) < 4.78 is 19.4. The molecule has 1 aromatic carbocycles. The fourth-order valence-electron chi connectivity index (χ4n) is 2.46. The van der Waals surface area contributed by atoms with Gasteiger partial charge in [-0.3, -0.25) is 0 Å². The lowest BCUT2D eigenvalue weighted by Gasteiger charge is -2.37. The summed E-state index contributed by atoms with van der Waals surface area (Å²) >= 11 is 0. The van der Waals surface area contributed by atoms with E-state index in [0.29, 0.717) is 12.2 Å². The van der Waals surface area contributed by atoms with Gasteiger partial charge in [-0.1, -0.05) is 26.0 Å². The van der Waals surface area contributed by atoms with E-state index in [4.69, 9.17) is 4.74 Å². The van der Waals surface area contributed by atoms with Crippen LogP contribution in [0.1, 0.15) is 51.3 Å². The molecule has 1 rings (SSSR count). The molecule has 0 heterocycles. The molecular formula is C16H26FNO. The van der Waals surface area contributed by atoms with Crippen LogP contribution in [0.5, 0.6) is 0 Å². The van der Waals surface area contributed by atoms with E-state index >= 15 is 0 Å². The van der Waals surface area contributed by atoms with Gasteiger partial charge in [0.15, 0.2) is 0 Å². The zero-order valence-corrected chi connectivity index (χ0v) is 12.7. The molecule has 0 aromatic heterocycles. The molecule has 2 nitrogen and oxygen atoms in total. The fraction of sp³-hybridized carbons (Fsp3) is 0.625. The van der Waals surface area contributed by atoms with Crippen LogP contribution < -0.4 is 5.32 Å². The summed E-state index contributed by atoms with van der Waals surface area (Å²) in [5, 5.41) is 3.47. The van der Waals surface area contributed by atoms with E-state index in [1.165, 1.54) is 6.07 Å². The van der Waals surface area contributed by atoms with Gasteiger partial charge in [-0.2, -0.15) is 0 Å². The maximum Gasteiger partial charge on any atom is 0.126 e. The summed E-state index contributed by atoms with van der Waals surface area (Å²) in [7, 11) is 0. The van der Waals surface area contributed by atoms with Crippen molar-refractivity contribution in [1.82, 2.24) is 5.32 Å². The van der Waals surface area contributed by atoms with Crippen molar-refractivity contribution in [2.75, 3.05) is 13.2 Å². The third kappa shape index (κ3) is 3.77. The summed E-state index contributed by atoms with van der Waals surface area (Å²) in [6, 6.07) is 5.37. The number of benzene rings is 1. The molecule has 3 heteroatoms. The first-order chi connectivity index (χ1) is 8.98. The number of hydrogen-bond donors (Lipinski definition) is 1. The zero-order valence-electron chi connectivity index (χ0n) is 12.7. The van der Waals surface area contributed by atoms with Crippen LogP contribution in [-0.2, 0) is 4.74 Å². The highest BCUT2D eigenvalue weighted by Crippen LogP contribution is 2.32. The number of ether oxygens (including phenoxy) is 1. The highest BCUT2D eigenvalue weighted by molar-refractivity contribution is 5.28. The van der Waals surface area contributed by atoms with Crippen molar-refractivity contribution in [3.63, 3.8) is 0 Å². The van der Waals surface area contributed by atoms with Crippen molar-refractivity contribution < 1.29 is 9.13 Å². The molecule has 108 valence electrons. The highest BCUT2D eigenvalue weighted by Gasteiger charge is 2.34. The van der Waals surface area contributed by atoms with Gasteiger partial charge in [-0.25, -0.2) is 4.39 Å². The smallest absolute Gasteiger partial charge is 0.126 e. The first-order valence-corrected chi connectivity index (χ1v) is 7.11. The largest absolute Gasteiger partial charge is 0.374 e. The first kappa shape index (κ1) is 16.1. The van der Waals surface area contributed by atoms with Gasteiger partial charge < -0.3 is 10.1 Å². The number of halogens is 1. The Bertz CT molecular complexity index is 408. The number of likely N-dealkylation sites (N-methyl/N-ethyl adjacent to an activating group) is 1. The maximum absolute atomic E-state index is 13.4. The molecule has 1 aromatic rings. The normalized spacial score (nSPS) is 16.1. The summed E-state index contributed by atoms with van der Waals surface area (Å²) in [6.45, 7) is 11.6. The van der Waals surface area contributed by atoms with Crippen LogP contribution in [0.25, 0.3) is 0 Å². The molecule has 0 spiro atoms. The Morgan fingerprint density at radius 3 is 2.47 bits per heavy atom. The predicted molar refractivity (Wildman–Crippen MR) is 77.9 cm³/mol. The Balaban J connectivity index is 3.14. The van der Waals surface area contributed by atoms with Crippen molar-refractivity contribution in [1.29, 1.82) is 0 Å². The van der Waals surface area contributed by atoms with E-state index in [-0.39, 0.29) is 17.5 Å². The molecule has 2 unspecified atom stereocenters. The van der Waals surface area contributed by atoms with Crippen molar-refractivity contribution in [3.05, 3.63) is 35.1 Å². The average molecular weight is 267 g/mol. The molecule has 2 atom stereocenters. The maximum atomic E-state index is 13.4. The molecule has 0 aliphatic carbocycles. The lowest BCUT2D eigenvalue weighted by Crippen LogP contribution is -2.43. The minimum absolute atomic E-state index is 0.0711. The predicted octanol–water partition coefficient (Wildman–Crippen LogP) is 3.99. The van der Waals surface area contributed by atoms with E-state index in [2.05, 4.69) is 26.1 Å². The molecule has 0 radical (unpaired) electrons. The van der Waals surface area contributed by atoms with Crippen LogP contribution in [0.2, 0.25) is 0 Å². The molecule has 0 fully saturated rings. The van der Waals surface area contributed by atoms with Crippen LogP contribution in [-0.4, -0.2) is 18.8 Å². The van der Waals surface area contributed by atoms with Gasteiger partial charge >= 0.3 is 0 Å². The van der Waals surface area contributed by atoms with Gasteiger partial charge in [0, 0.05) is 6.61 Å². The molecule has 0 saturated heterocycles. The molecule has 0 bridgehead atoms. The second-order valence-electron chi connectivity index (χ2n) is 5.10. The Morgan fingerprint density at radius 2 is 2.00 bits per heavy atom. The van der Waals surface area contributed by atoms with Crippen LogP contribution in [0.3, 0.4) is 0 Å². The second-order valence-corrected chi connectivity index (χ2v) is 5.10. The summed E-state index contributed by atoms with van der Waals surface area (Å²) in [4.78, 5) is 0. The van der Waals surface area contributed by atoms with E-state index in [0.717, 1.165) is 18.5 Å². The minimum atomic E-state index is -0.283. The van der Waals surface area contributed by atoms with Crippen molar-refractivity contribution in [3.8, 4) is 0 Å². The fourth-order valence-corrected chi connectivity index (χ4v) is 2.46. The second kappa shape index (κ2) is 7.01. The quantitative estimate of drug-likeness (QED) is 0.806. The van der Waals surface area contributed by atoms with Gasteiger partial charge in [-0.15, -0.1) is 0 Å². The molecule has 0 aliphatic rings. The molecule has 0 aliphatic heterocycles. The van der Waals surface area contributed by atoms with Gasteiger partial charge in [-0.05, 0) is 50.9 Å². The standard InChI is InChI=1S/C16H26FNO/c1-6-16(5,19-8-3)15(18-7-2)13-9-10-14(17)12(4)11-13/h9-11,15,18H,6-8H2,1-5H3. The topological polar surface area (TPSA) is 21.3 Å². The molecule has 19 heavy (non-hydrogen) atoms. The molecule has 1 N–H and O–H groups in total. The Hall–Kier alpha value is -0.930. The Kier molecular flexibility index (Phi) is 5.95. The van der Waals surface area contributed by atoms with Crippen molar-refractivity contribution in [2.45, 2.75) is 52.7 Å². The minimum Gasteiger partial charge on any atom is -0.374 e. The van der Waals surface area contributed by atoms with Gasteiger partial charge in [0.05, 0.1) is 11.6 Å². The number of nitrogens with one attached hydrogen (secondary N) is 1. The SMILES string of the molecule is CCNC(c1ccc(F)c(C)c1)C(C)(CC)OCC. The van der Waals surface area contributed by atoms with E-state index < -0.39 is 0 Å². The molecule has 0 saturated carbocycles. The van der Waals surface area contributed by atoms with Crippen LogP contribution in [0.15, 0.2) is 18.2 Å². The van der Waals surface area contributed by atoms with Crippen LogP contribution in [0.4, 0.5) is 4.39 Å². The third-order valence-corrected chi connectivity index (χ3v) is 3.71. The number of hydrogen-bond acceptors (Lipinski definition) is 2. The van der Waals surface area contributed by atoms with Crippen LogP contribution in [0, 0.1) is 12.7 Å². The van der Waals surface area contributed by atoms with Gasteiger partial charge in [0.25, 0.3) is 0 Å². The number of aryl methyl sites for hydroxylation is 1. The first-order valence-electron chi connectivity index (χ1n) is 7.11. The lowest BCUT2D eigenvalue weighted by molar-refractivity contribution is -0.0560. The van der Waals surface area contributed by atoms with E-state index in [1.54, 1.807) is 6.92 Å². The average Bonchev–Trinajstić information content (AvgIpc) is 2.39. The molecular weight excluding hydrogens is 241 g/mol. The highest BCUT2D eigenvalue weighted by atomic mass is 19.1. The number of rotatable bonds is 7. The van der Waals surface area contributed by atoms with Gasteiger partial charge in [0.1, 0.15) is 5.82 Å². The van der Waals surface area contributed by atoms with Gasteiger partial charge in [0.2, 0.25) is 0 Å². The van der Waals surface area contributed by atoms with Crippen molar-refractivity contribution in [2.24, 2.45) is 0 Å². The Morgan fingerprint density at radius 1 is 1.32 bits per heavy atom. The zero-order chi connectivity index (χ0) is 14.5. The summed E-state index contributed by atoms with van der Waals surface area (Å²) in [5.74, 6) is -0.159. The van der Waals surface area contributed by atoms with Crippen molar-refractivity contribution >= 4 is 0 Å². The summed E-state index contributed by atoms with van der Waals surface area (Å²) in [6.07, 6.45) is 0.898. The third-order valence-electron chi connectivity index (χ3n) is 3.71. The summed E-state index contributed by atoms with van der Waals surface area (Å²) in [5.41, 5.74) is 1.48. The molecule has 0 amide bonds. The van der Waals surface area contributed by atoms with Crippen LogP contribution >= 0.6 is 0 Å². The monoisotopic (exact) mass is 267 g/mol.